The number of pyridine rings is 1. The fourth-order valence-corrected chi connectivity index (χ4v) is 2.89. The molecular weight excluding hydrogens is 320 g/mol. The number of halogens is 1. The van der Waals surface area contributed by atoms with Gasteiger partial charge in [-0.1, -0.05) is 0 Å². The number of amides is 1. The summed E-state index contributed by atoms with van der Waals surface area (Å²) in [6.07, 6.45) is 3.74. The van der Waals surface area contributed by atoms with Crippen LogP contribution in [0.4, 0.5) is 5.82 Å². The molecule has 1 aliphatic heterocycles. The van der Waals surface area contributed by atoms with Crippen molar-refractivity contribution in [1.29, 1.82) is 0 Å². The normalized spacial score (nSPS) is 16.6. The smallest absolute Gasteiger partial charge is 0.257 e. The Morgan fingerprint density at radius 1 is 1.45 bits per heavy atom. The lowest BCUT2D eigenvalue weighted by Crippen LogP contribution is -2.44. The van der Waals surface area contributed by atoms with Gasteiger partial charge in [0.05, 0.1) is 5.56 Å². The number of hydrogen-bond donors (Lipinski definition) is 1. The fraction of sp³-hybridized carbons (Fsp3) is 0.571. The second kappa shape index (κ2) is 6.54. The van der Waals surface area contributed by atoms with Crippen molar-refractivity contribution in [2.24, 2.45) is 0 Å². The standard InChI is InChI=1S/C14H21BrN4O/c1-16-13-12(8-10(15)9-17-13)14(20)19-6-4-11(5-7-19)18(2)3/h8-9,11H,4-7H2,1-3H3,(H,16,17). The van der Waals surface area contributed by atoms with Crippen LogP contribution in [-0.2, 0) is 0 Å². The van der Waals surface area contributed by atoms with E-state index in [0.717, 1.165) is 30.4 Å². The summed E-state index contributed by atoms with van der Waals surface area (Å²) < 4.78 is 0.822. The number of nitrogens with one attached hydrogen (secondary N) is 1. The van der Waals surface area contributed by atoms with Crippen LogP contribution in [0.2, 0.25) is 0 Å². The summed E-state index contributed by atoms with van der Waals surface area (Å²) in [5, 5.41) is 2.98. The van der Waals surface area contributed by atoms with Gasteiger partial charge >= 0.3 is 0 Å². The third kappa shape index (κ3) is 3.30. The molecule has 2 rings (SSSR count). The topological polar surface area (TPSA) is 48.5 Å². The van der Waals surface area contributed by atoms with Crippen molar-refractivity contribution in [2.45, 2.75) is 18.9 Å². The lowest BCUT2D eigenvalue weighted by Gasteiger charge is -2.35. The highest BCUT2D eigenvalue weighted by Gasteiger charge is 2.26. The Balaban J connectivity index is 2.11. The van der Waals surface area contributed by atoms with Crippen molar-refractivity contribution in [1.82, 2.24) is 14.8 Å². The summed E-state index contributed by atoms with van der Waals surface area (Å²) in [7, 11) is 5.98. The molecule has 0 saturated carbocycles. The predicted octanol–water partition coefficient (Wildman–Crippen LogP) is 2.05. The van der Waals surface area contributed by atoms with Gasteiger partial charge < -0.3 is 15.1 Å². The zero-order chi connectivity index (χ0) is 14.7. The van der Waals surface area contributed by atoms with Gasteiger partial charge in [0.25, 0.3) is 5.91 Å². The number of rotatable bonds is 3. The van der Waals surface area contributed by atoms with E-state index >= 15 is 0 Å². The molecule has 0 unspecified atom stereocenters. The molecule has 0 radical (unpaired) electrons. The Kier molecular flexibility index (Phi) is 4.99. The lowest BCUT2D eigenvalue weighted by molar-refractivity contribution is 0.0664. The Morgan fingerprint density at radius 3 is 2.65 bits per heavy atom. The third-order valence-corrected chi connectivity index (χ3v) is 4.24. The Labute approximate surface area is 128 Å². The number of nitrogens with zero attached hydrogens (tertiary/aromatic N) is 3. The molecule has 0 aromatic carbocycles. The van der Waals surface area contributed by atoms with Crippen LogP contribution in [0.15, 0.2) is 16.7 Å². The van der Waals surface area contributed by atoms with Gasteiger partial charge in [0, 0.05) is 36.8 Å². The van der Waals surface area contributed by atoms with Crippen molar-refractivity contribution in [2.75, 3.05) is 39.5 Å². The molecule has 1 saturated heterocycles. The zero-order valence-corrected chi connectivity index (χ0v) is 13.8. The molecule has 0 atom stereocenters. The minimum absolute atomic E-state index is 0.0559. The van der Waals surface area contributed by atoms with Gasteiger partial charge in [-0.2, -0.15) is 0 Å². The maximum Gasteiger partial charge on any atom is 0.257 e. The average Bonchev–Trinajstić information content (AvgIpc) is 2.46. The highest BCUT2D eigenvalue weighted by Crippen LogP contribution is 2.22. The van der Waals surface area contributed by atoms with Crippen LogP contribution in [0.5, 0.6) is 0 Å². The van der Waals surface area contributed by atoms with Crippen LogP contribution < -0.4 is 5.32 Å². The highest BCUT2D eigenvalue weighted by atomic mass is 79.9. The monoisotopic (exact) mass is 340 g/mol. The molecule has 1 aromatic rings. The summed E-state index contributed by atoms with van der Waals surface area (Å²) in [6, 6.07) is 2.41. The van der Waals surface area contributed by atoms with Gasteiger partial charge in [0.1, 0.15) is 5.82 Å². The van der Waals surface area contributed by atoms with Gasteiger partial charge in [-0.3, -0.25) is 4.79 Å². The largest absolute Gasteiger partial charge is 0.372 e. The number of carbonyl (C=O) groups is 1. The number of likely N-dealkylation sites (tertiary alicyclic amines) is 1. The first-order valence-corrected chi connectivity index (χ1v) is 7.61. The minimum Gasteiger partial charge on any atom is -0.372 e. The molecule has 1 amide bonds. The van der Waals surface area contributed by atoms with Gasteiger partial charge in [-0.25, -0.2) is 4.98 Å². The molecule has 110 valence electrons. The van der Waals surface area contributed by atoms with Crippen LogP contribution in [0.3, 0.4) is 0 Å². The average molecular weight is 341 g/mol. The summed E-state index contributed by atoms with van der Waals surface area (Å²) in [5.41, 5.74) is 0.630. The van der Waals surface area contributed by atoms with Crippen molar-refractivity contribution >= 4 is 27.7 Å². The number of piperidine rings is 1. The van der Waals surface area contributed by atoms with E-state index in [-0.39, 0.29) is 5.91 Å². The molecule has 2 heterocycles. The maximum absolute atomic E-state index is 12.6. The van der Waals surface area contributed by atoms with E-state index in [1.54, 1.807) is 13.2 Å². The van der Waals surface area contributed by atoms with E-state index in [0.29, 0.717) is 17.4 Å². The molecular formula is C14H21BrN4O. The molecule has 1 aromatic heterocycles. The lowest BCUT2D eigenvalue weighted by atomic mass is 10.0. The van der Waals surface area contributed by atoms with E-state index in [9.17, 15) is 4.79 Å². The summed E-state index contributed by atoms with van der Waals surface area (Å²) in [6.45, 7) is 1.61. The Bertz CT molecular complexity index is 484. The SMILES string of the molecule is CNc1ncc(Br)cc1C(=O)N1CCC(N(C)C)CC1. The van der Waals surface area contributed by atoms with Crippen LogP contribution in [0.25, 0.3) is 0 Å². The van der Waals surface area contributed by atoms with Crippen LogP contribution >= 0.6 is 15.9 Å². The molecule has 1 N–H and O–H groups in total. The fourth-order valence-electron chi connectivity index (χ4n) is 2.56. The van der Waals surface area contributed by atoms with E-state index in [2.05, 4.69) is 45.2 Å². The number of carbonyl (C=O) groups excluding carboxylic acids is 1. The van der Waals surface area contributed by atoms with Gasteiger partial charge in [-0.05, 0) is 48.9 Å². The van der Waals surface area contributed by atoms with Crippen LogP contribution in [-0.4, -0.2) is 61.0 Å². The van der Waals surface area contributed by atoms with Crippen molar-refractivity contribution in [3.05, 3.63) is 22.3 Å². The van der Waals surface area contributed by atoms with E-state index < -0.39 is 0 Å². The first-order valence-electron chi connectivity index (χ1n) is 6.82. The van der Waals surface area contributed by atoms with Crippen molar-refractivity contribution in [3.8, 4) is 0 Å². The quantitative estimate of drug-likeness (QED) is 0.914. The number of anilines is 1. The Morgan fingerprint density at radius 2 is 2.10 bits per heavy atom. The molecule has 0 spiro atoms. The summed E-state index contributed by atoms with van der Waals surface area (Å²) in [4.78, 5) is 21.0. The van der Waals surface area contributed by atoms with Gasteiger partial charge in [0.15, 0.2) is 0 Å². The molecule has 0 bridgehead atoms. The second-order valence-electron chi connectivity index (χ2n) is 5.29. The number of hydrogen-bond acceptors (Lipinski definition) is 4. The molecule has 20 heavy (non-hydrogen) atoms. The van der Waals surface area contributed by atoms with Gasteiger partial charge in [0.2, 0.25) is 0 Å². The summed E-state index contributed by atoms with van der Waals surface area (Å²) >= 11 is 3.38. The van der Waals surface area contributed by atoms with E-state index in [4.69, 9.17) is 0 Å². The van der Waals surface area contributed by atoms with Crippen molar-refractivity contribution in [3.63, 3.8) is 0 Å². The zero-order valence-electron chi connectivity index (χ0n) is 12.2. The first kappa shape index (κ1) is 15.3. The third-order valence-electron chi connectivity index (χ3n) is 3.80. The molecule has 1 fully saturated rings. The summed E-state index contributed by atoms with van der Waals surface area (Å²) in [5.74, 6) is 0.688. The molecule has 6 heteroatoms. The minimum atomic E-state index is 0.0559. The second-order valence-corrected chi connectivity index (χ2v) is 6.20. The van der Waals surface area contributed by atoms with E-state index in [1.807, 2.05) is 11.0 Å². The first-order chi connectivity index (χ1) is 9.52. The van der Waals surface area contributed by atoms with Crippen LogP contribution in [0, 0.1) is 0 Å². The van der Waals surface area contributed by atoms with Crippen LogP contribution in [0.1, 0.15) is 23.2 Å². The van der Waals surface area contributed by atoms with E-state index in [1.165, 1.54) is 0 Å². The molecule has 1 aliphatic rings. The number of aromatic nitrogens is 1. The molecule has 5 nitrogen and oxygen atoms in total. The highest BCUT2D eigenvalue weighted by molar-refractivity contribution is 9.10. The van der Waals surface area contributed by atoms with Crippen molar-refractivity contribution < 1.29 is 4.79 Å². The predicted molar refractivity (Wildman–Crippen MR) is 84.1 cm³/mol. The van der Waals surface area contributed by atoms with Gasteiger partial charge in [-0.15, -0.1) is 0 Å². The Hall–Kier alpha value is -1.14. The molecule has 0 aliphatic carbocycles. The maximum atomic E-state index is 12.6.